The van der Waals surface area contributed by atoms with Crippen molar-refractivity contribution in [2.24, 2.45) is 47.3 Å². The summed E-state index contributed by atoms with van der Waals surface area (Å²) in [6.07, 6.45) is 15.0. The molecule has 0 saturated heterocycles. The van der Waals surface area contributed by atoms with E-state index in [2.05, 4.69) is 41.5 Å². The van der Waals surface area contributed by atoms with Crippen molar-refractivity contribution in [3.63, 3.8) is 0 Å². The highest BCUT2D eigenvalue weighted by Gasteiger charge is 2.28. The SMILES string of the molecule is CC1CCC(C(=O)C[C@H](CCCC(O)C(C)CC2CCC(C(C)C)CC2)C(C)C)CC1. The quantitative estimate of drug-likeness (QED) is 0.337. The lowest BCUT2D eigenvalue weighted by Gasteiger charge is -2.33. The van der Waals surface area contributed by atoms with Crippen LogP contribution in [-0.2, 0) is 4.79 Å². The van der Waals surface area contributed by atoms with Crippen LogP contribution < -0.4 is 0 Å². The minimum absolute atomic E-state index is 0.175. The van der Waals surface area contributed by atoms with E-state index in [0.29, 0.717) is 29.5 Å². The lowest BCUT2D eigenvalue weighted by Crippen LogP contribution is -2.26. The maximum absolute atomic E-state index is 12.9. The Morgan fingerprint density at radius 1 is 0.871 bits per heavy atom. The van der Waals surface area contributed by atoms with Gasteiger partial charge in [0.1, 0.15) is 5.78 Å². The second-order valence-electron chi connectivity index (χ2n) is 12.4. The van der Waals surface area contributed by atoms with Gasteiger partial charge in [-0.3, -0.25) is 4.79 Å². The maximum atomic E-state index is 12.9. The van der Waals surface area contributed by atoms with Crippen molar-refractivity contribution in [2.75, 3.05) is 0 Å². The number of carbonyl (C=O) groups excluding carboxylic acids is 1. The van der Waals surface area contributed by atoms with Gasteiger partial charge in [0.05, 0.1) is 6.10 Å². The van der Waals surface area contributed by atoms with Gasteiger partial charge >= 0.3 is 0 Å². The zero-order valence-electron chi connectivity index (χ0n) is 21.7. The molecule has 2 nitrogen and oxygen atoms in total. The van der Waals surface area contributed by atoms with Crippen LogP contribution in [0.1, 0.15) is 125 Å². The van der Waals surface area contributed by atoms with Gasteiger partial charge in [-0.2, -0.15) is 0 Å². The van der Waals surface area contributed by atoms with Gasteiger partial charge < -0.3 is 5.11 Å². The number of rotatable bonds is 12. The van der Waals surface area contributed by atoms with Gasteiger partial charge in [0.25, 0.3) is 0 Å². The molecule has 2 aliphatic carbocycles. The molecule has 2 unspecified atom stereocenters. The molecule has 0 aromatic carbocycles. The summed E-state index contributed by atoms with van der Waals surface area (Å²) < 4.78 is 0. The number of carbonyl (C=O) groups is 1. The first kappa shape index (κ1) is 26.9. The van der Waals surface area contributed by atoms with Crippen molar-refractivity contribution in [1.82, 2.24) is 0 Å². The Hall–Kier alpha value is -0.370. The minimum Gasteiger partial charge on any atom is -0.393 e. The third-order valence-corrected chi connectivity index (χ3v) is 9.15. The molecular weight excluding hydrogens is 380 g/mol. The van der Waals surface area contributed by atoms with Gasteiger partial charge in [0.2, 0.25) is 0 Å². The van der Waals surface area contributed by atoms with Crippen LogP contribution >= 0.6 is 0 Å². The molecule has 2 fully saturated rings. The molecule has 0 radical (unpaired) electrons. The monoisotopic (exact) mass is 434 g/mol. The lowest BCUT2D eigenvalue weighted by molar-refractivity contribution is -0.125. The van der Waals surface area contributed by atoms with Crippen LogP contribution in [-0.4, -0.2) is 17.0 Å². The van der Waals surface area contributed by atoms with E-state index in [1.54, 1.807) is 0 Å². The van der Waals surface area contributed by atoms with Gasteiger partial charge in [-0.1, -0.05) is 73.6 Å². The molecule has 0 aliphatic heterocycles. The molecule has 0 aromatic rings. The summed E-state index contributed by atoms with van der Waals surface area (Å²) >= 11 is 0. The van der Waals surface area contributed by atoms with Gasteiger partial charge in [0.15, 0.2) is 0 Å². The van der Waals surface area contributed by atoms with Gasteiger partial charge in [-0.15, -0.1) is 0 Å². The summed E-state index contributed by atoms with van der Waals surface area (Å²) in [5, 5.41) is 10.8. The summed E-state index contributed by atoms with van der Waals surface area (Å²) in [5.41, 5.74) is 0. The van der Waals surface area contributed by atoms with Crippen LogP contribution in [0.25, 0.3) is 0 Å². The van der Waals surface area contributed by atoms with E-state index in [4.69, 9.17) is 0 Å². The Kier molecular flexibility index (Phi) is 11.6. The molecule has 0 bridgehead atoms. The second kappa shape index (κ2) is 13.4. The largest absolute Gasteiger partial charge is 0.393 e. The third kappa shape index (κ3) is 9.18. The minimum atomic E-state index is -0.175. The summed E-state index contributed by atoms with van der Waals surface area (Å²) in [5.74, 6) is 5.67. The van der Waals surface area contributed by atoms with Crippen LogP contribution in [0, 0.1) is 47.3 Å². The molecule has 182 valence electrons. The van der Waals surface area contributed by atoms with Crippen LogP contribution in [0.3, 0.4) is 0 Å². The summed E-state index contributed by atoms with van der Waals surface area (Å²) in [6.45, 7) is 13.9. The van der Waals surface area contributed by atoms with Crippen molar-refractivity contribution < 1.29 is 9.90 Å². The highest BCUT2D eigenvalue weighted by molar-refractivity contribution is 5.81. The Bertz CT molecular complexity index is 495. The van der Waals surface area contributed by atoms with Crippen LogP contribution in [0.5, 0.6) is 0 Å². The molecule has 0 heterocycles. The average molecular weight is 435 g/mol. The lowest BCUT2D eigenvalue weighted by atomic mass is 9.73. The molecule has 2 aliphatic rings. The van der Waals surface area contributed by atoms with Crippen molar-refractivity contribution in [1.29, 1.82) is 0 Å². The first-order valence-corrected chi connectivity index (χ1v) is 13.9. The second-order valence-corrected chi connectivity index (χ2v) is 12.4. The predicted molar refractivity (Wildman–Crippen MR) is 133 cm³/mol. The Labute approximate surface area is 194 Å². The normalized spacial score (nSPS) is 30.4. The van der Waals surface area contributed by atoms with Crippen molar-refractivity contribution in [2.45, 2.75) is 131 Å². The average Bonchev–Trinajstić information content (AvgIpc) is 2.73. The van der Waals surface area contributed by atoms with Crippen molar-refractivity contribution >= 4 is 5.78 Å². The third-order valence-electron chi connectivity index (χ3n) is 9.15. The fourth-order valence-corrected chi connectivity index (χ4v) is 6.33. The predicted octanol–water partition coefficient (Wildman–Crippen LogP) is 8.06. The number of hydrogen-bond acceptors (Lipinski definition) is 2. The van der Waals surface area contributed by atoms with E-state index in [-0.39, 0.29) is 6.10 Å². The smallest absolute Gasteiger partial charge is 0.136 e. The van der Waals surface area contributed by atoms with Gasteiger partial charge in [0, 0.05) is 12.3 Å². The molecule has 31 heavy (non-hydrogen) atoms. The molecular formula is C29H54O2. The van der Waals surface area contributed by atoms with Crippen LogP contribution in [0.4, 0.5) is 0 Å². The molecule has 2 heteroatoms. The van der Waals surface area contributed by atoms with Crippen molar-refractivity contribution in [3.8, 4) is 0 Å². The number of aliphatic hydroxyl groups is 1. The topological polar surface area (TPSA) is 37.3 Å². The Balaban J connectivity index is 1.68. The van der Waals surface area contributed by atoms with E-state index < -0.39 is 0 Å². The Morgan fingerprint density at radius 3 is 2.03 bits per heavy atom. The Morgan fingerprint density at radius 2 is 1.48 bits per heavy atom. The van der Waals surface area contributed by atoms with E-state index in [1.807, 2.05) is 0 Å². The van der Waals surface area contributed by atoms with Crippen molar-refractivity contribution in [3.05, 3.63) is 0 Å². The van der Waals surface area contributed by atoms with E-state index >= 15 is 0 Å². The van der Waals surface area contributed by atoms with Crippen LogP contribution in [0.15, 0.2) is 0 Å². The first-order valence-electron chi connectivity index (χ1n) is 13.9. The molecule has 2 saturated carbocycles. The zero-order chi connectivity index (χ0) is 23.0. The highest BCUT2D eigenvalue weighted by atomic mass is 16.3. The summed E-state index contributed by atoms with van der Waals surface area (Å²) in [7, 11) is 0. The summed E-state index contributed by atoms with van der Waals surface area (Å²) in [6, 6.07) is 0. The summed E-state index contributed by atoms with van der Waals surface area (Å²) in [4.78, 5) is 12.9. The van der Waals surface area contributed by atoms with E-state index in [0.717, 1.165) is 62.2 Å². The van der Waals surface area contributed by atoms with Crippen LogP contribution in [0.2, 0.25) is 0 Å². The maximum Gasteiger partial charge on any atom is 0.136 e. The fourth-order valence-electron chi connectivity index (χ4n) is 6.33. The van der Waals surface area contributed by atoms with Gasteiger partial charge in [-0.25, -0.2) is 0 Å². The highest BCUT2D eigenvalue weighted by Crippen LogP contribution is 2.37. The molecule has 3 atom stereocenters. The number of hydrogen-bond donors (Lipinski definition) is 1. The molecule has 1 N–H and O–H groups in total. The molecule has 0 amide bonds. The van der Waals surface area contributed by atoms with E-state index in [9.17, 15) is 9.90 Å². The number of ketones is 1. The number of aliphatic hydroxyl groups excluding tert-OH is 1. The first-order chi connectivity index (χ1) is 14.7. The fraction of sp³-hybridized carbons (Fsp3) is 0.966. The number of Topliss-reactive ketones (excluding diaryl/α,β-unsaturated/α-hetero) is 1. The van der Waals surface area contributed by atoms with E-state index in [1.165, 1.54) is 44.9 Å². The standard InChI is InChI=1S/C29H54O2/c1-20(2)25-16-12-24(13-17-25)18-23(6)28(30)9-7-8-27(21(3)4)19-29(31)26-14-10-22(5)11-15-26/h20-28,30H,7-19H2,1-6H3/t22?,23?,24?,25?,26?,27-,28?/m0/s1. The zero-order valence-corrected chi connectivity index (χ0v) is 21.7. The molecule has 0 spiro atoms. The van der Waals surface area contributed by atoms with Gasteiger partial charge in [-0.05, 0) is 86.4 Å². The molecule has 0 aromatic heterocycles. The molecule has 2 rings (SSSR count).